The lowest BCUT2D eigenvalue weighted by Crippen LogP contribution is -2.30. The molecule has 0 fully saturated rings. The molecule has 7 heteroatoms. The van der Waals surface area contributed by atoms with E-state index in [4.69, 9.17) is 28.6 Å². The molecule has 0 unspecified atom stereocenters. The molecule has 0 saturated carbocycles. The first-order valence-corrected chi connectivity index (χ1v) is 10.7. The summed E-state index contributed by atoms with van der Waals surface area (Å²) in [7, 11) is 1.38. The fourth-order valence-corrected chi connectivity index (χ4v) is 4.59. The van der Waals surface area contributed by atoms with Gasteiger partial charge >= 0.3 is 5.97 Å². The molecule has 3 rings (SSSR count). The van der Waals surface area contributed by atoms with Crippen LogP contribution in [0, 0.1) is 6.92 Å². The van der Waals surface area contributed by atoms with Crippen molar-refractivity contribution < 1.29 is 9.53 Å². The van der Waals surface area contributed by atoms with Gasteiger partial charge in [0.2, 0.25) is 0 Å². The van der Waals surface area contributed by atoms with E-state index in [1.165, 1.54) is 18.4 Å². The van der Waals surface area contributed by atoms with E-state index in [2.05, 4.69) is 10.6 Å². The lowest BCUT2D eigenvalue weighted by Gasteiger charge is -2.11. The van der Waals surface area contributed by atoms with Gasteiger partial charge in [0.1, 0.15) is 10.6 Å². The molecule has 0 bridgehead atoms. The van der Waals surface area contributed by atoms with Crippen LogP contribution in [0.4, 0.5) is 5.00 Å². The zero-order chi connectivity index (χ0) is 20.8. The zero-order valence-electron chi connectivity index (χ0n) is 16.1. The van der Waals surface area contributed by atoms with E-state index >= 15 is 0 Å². The Morgan fingerprint density at radius 1 is 1.17 bits per heavy atom. The number of anilines is 1. The first kappa shape index (κ1) is 21.3. The molecule has 0 saturated heterocycles. The molecule has 0 aliphatic carbocycles. The van der Waals surface area contributed by atoms with Crippen LogP contribution < -0.4 is 10.6 Å². The van der Waals surface area contributed by atoms with Gasteiger partial charge in [-0.3, -0.25) is 0 Å². The van der Waals surface area contributed by atoms with E-state index < -0.39 is 5.97 Å². The lowest BCUT2D eigenvalue weighted by atomic mass is 10.0. The number of hydrogen-bond donors (Lipinski definition) is 2. The molecular formula is C22H21ClN2O2S2. The molecule has 0 atom stereocenters. The Kier molecular flexibility index (Phi) is 7.25. The number of methoxy groups -OCH3 is 1. The van der Waals surface area contributed by atoms with E-state index in [1.54, 1.807) is 0 Å². The number of thiophene rings is 1. The number of esters is 1. The van der Waals surface area contributed by atoms with Crippen LogP contribution in [0.25, 0.3) is 11.1 Å². The number of carbonyl (C=O) groups is 1. The van der Waals surface area contributed by atoms with Gasteiger partial charge in [-0.05, 0) is 48.8 Å². The predicted octanol–water partition coefficient (Wildman–Crippen LogP) is 5.69. The van der Waals surface area contributed by atoms with Gasteiger partial charge < -0.3 is 15.4 Å². The molecule has 2 aromatic carbocycles. The third-order valence-corrected chi connectivity index (χ3v) is 5.85. The predicted molar refractivity (Wildman–Crippen MR) is 125 cm³/mol. The van der Waals surface area contributed by atoms with Gasteiger partial charge in [0.15, 0.2) is 5.11 Å². The Labute approximate surface area is 184 Å². The molecule has 1 heterocycles. The van der Waals surface area contributed by atoms with E-state index in [1.807, 2.05) is 61.5 Å². The molecule has 0 amide bonds. The van der Waals surface area contributed by atoms with Crippen LogP contribution in [0.15, 0.2) is 54.6 Å². The number of thiocarbonyl (C=S) groups is 1. The molecule has 2 N–H and O–H groups in total. The molecule has 4 nitrogen and oxygen atoms in total. The summed E-state index contributed by atoms with van der Waals surface area (Å²) >= 11 is 12.9. The van der Waals surface area contributed by atoms with Crippen molar-refractivity contribution in [2.24, 2.45) is 0 Å². The number of rotatable bonds is 6. The van der Waals surface area contributed by atoms with E-state index in [-0.39, 0.29) is 0 Å². The highest BCUT2D eigenvalue weighted by Gasteiger charge is 2.24. The minimum absolute atomic E-state index is 0.391. The van der Waals surface area contributed by atoms with Crippen molar-refractivity contribution in [1.29, 1.82) is 0 Å². The van der Waals surface area contributed by atoms with E-state index in [9.17, 15) is 4.79 Å². The average molecular weight is 445 g/mol. The molecule has 0 aliphatic rings. The fraction of sp³-hybridized carbons (Fsp3) is 0.182. The van der Waals surface area contributed by atoms with E-state index in [0.717, 1.165) is 28.0 Å². The number of hydrogen-bond acceptors (Lipinski definition) is 4. The molecule has 0 spiro atoms. The largest absolute Gasteiger partial charge is 0.465 e. The van der Waals surface area contributed by atoms with Crippen molar-refractivity contribution in [3.8, 4) is 11.1 Å². The van der Waals surface area contributed by atoms with Gasteiger partial charge in [0.25, 0.3) is 0 Å². The summed E-state index contributed by atoms with van der Waals surface area (Å²) in [5, 5.41) is 8.20. The van der Waals surface area contributed by atoms with Gasteiger partial charge in [-0.25, -0.2) is 4.79 Å². The maximum atomic E-state index is 12.5. The van der Waals surface area contributed by atoms with Crippen molar-refractivity contribution >= 4 is 51.2 Å². The number of benzene rings is 2. The molecule has 0 radical (unpaired) electrons. The smallest absolute Gasteiger partial charge is 0.341 e. The Morgan fingerprint density at radius 2 is 1.93 bits per heavy atom. The Morgan fingerprint density at radius 3 is 2.62 bits per heavy atom. The summed E-state index contributed by atoms with van der Waals surface area (Å²) in [6.45, 7) is 2.63. The fourth-order valence-electron chi connectivity index (χ4n) is 3.04. The van der Waals surface area contributed by atoms with Crippen LogP contribution in [0.1, 0.15) is 20.8 Å². The molecule has 0 aliphatic heterocycles. The molecule has 150 valence electrons. The number of aryl methyl sites for hydroxylation is 1. The van der Waals surface area contributed by atoms with Crippen LogP contribution in [-0.2, 0) is 11.2 Å². The van der Waals surface area contributed by atoms with Gasteiger partial charge in [-0.1, -0.05) is 54.1 Å². The summed E-state index contributed by atoms with van der Waals surface area (Å²) < 4.78 is 5.04. The van der Waals surface area contributed by atoms with Crippen LogP contribution in [0.5, 0.6) is 0 Å². The first-order chi connectivity index (χ1) is 14.0. The molecule has 1 aromatic heterocycles. The lowest BCUT2D eigenvalue weighted by molar-refractivity contribution is 0.0603. The van der Waals surface area contributed by atoms with Crippen molar-refractivity contribution in [1.82, 2.24) is 5.32 Å². The average Bonchev–Trinajstić information content (AvgIpc) is 3.03. The highest BCUT2D eigenvalue weighted by atomic mass is 35.5. The second-order valence-corrected chi connectivity index (χ2v) is 8.43. The SMILES string of the molecule is COC(=O)c1c(NC(=S)NCCc2cccc(Cl)c2)sc(C)c1-c1ccccc1. The van der Waals surface area contributed by atoms with Crippen molar-refractivity contribution in [3.05, 3.63) is 75.6 Å². The van der Waals surface area contributed by atoms with Gasteiger partial charge in [-0.2, -0.15) is 0 Å². The zero-order valence-corrected chi connectivity index (χ0v) is 18.5. The Hall–Kier alpha value is -2.41. The summed E-state index contributed by atoms with van der Waals surface area (Å²) in [5.41, 5.74) is 3.46. The van der Waals surface area contributed by atoms with Gasteiger partial charge in [-0.15, -0.1) is 11.3 Å². The van der Waals surface area contributed by atoms with E-state index in [0.29, 0.717) is 27.2 Å². The first-order valence-electron chi connectivity index (χ1n) is 9.06. The van der Waals surface area contributed by atoms with Crippen molar-refractivity contribution in [2.75, 3.05) is 19.0 Å². The topological polar surface area (TPSA) is 50.4 Å². The summed E-state index contributed by atoms with van der Waals surface area (Å²) in [4.78, 5) is 13.5. The third kappa shape index (κ3) is 5.35. The summed E-state index contributed by atoms with van der Waals surface area (Å²) in [6, 6.07) is 17.5. The number of halogens is 1. The van der Waals surface area contributed by atoms with Crippen LogP contribution >= 0.6 is 35.2 Å². The van der Waals surface area contributed by atoms with Gasteiger partial charge in [0.05, 0.1) is 7.11 Å². The molecule has 3 aromatic rings. The number of nitrogens with one attached hydrogen (secondary N) is 2. The minimum atomic E-state index is -0.391. The second-order valence-electron chi connectivity index (χ2n) is 6.36. The van der Waals surface area contributed by atoms with Crippen LogP contribution in [0.3, 0.4) is 0 Å². The van der Waals surface area contributed by atoms with Crippen LogP contribution in [0.2, 0.25) is 5.02 Å². The molecule has 29 heavy (non-hydrogen) atoms. The van der Waals surface area contributed by atoms with Crippen molar-refractivity contribution in [2.45, 2.75) is 13.3 Å². The number of ether oxygens (including phenoxy) is 1. The quantitative estimate of drug-likeness (QED) is 0.377. The monoisotopic (exact) mass is 444 g/mol. The highest BCUT2D eigenvalue weighted by Crippen LogP contribution is 2.40. The highest BCUT2D eigenvalue weighted by molar-refractivity contribution is 7.80. The van der Waals surface area contributed by atoms with Gasteiger partial charge in [0, 0.05) is 22.0 Å². The maximum absolute atomic E-state index is 12.5. The number of carbonyl (C=O) groups excluding carboxylic acids is 1. The summed E-state index contributed by atoms with van der Waals surface area (Å²) in [5.74, 6) is -0.391. The van der Waals surface area contributed by atoms with Crippen molar-refractivity contribution in [3.63, 3.8) is 0 Å². The Bertz CT molecular complexity index is 1020. The van der Waals surface area contributed by atoms with Crippen LogP contribution in [-0.4, -0.2) is 24.7 Å². The Balaban J connectivity index is 1.74. The maximum Gasteiger partial charge on any atom is 0.341 e. The second kappa shape index (κ2) is 9.87. The summed E-state index contributed by atoms with van der Waals surface area (Å²) in [6.07, 6.45) is 0.783. The normalized spacial score (nSPS) is 10.4. The minimum Gasteiger partial charge on any atom is -0.465 e. The molecular weight excluding hydrogens is 424 g/mol. The third-order valence-electron chi connectivity index (χ3n) is 4.35. The standard InChI is InChI=1S/C22H21ClN2O2S2/c1-14-18(16-8-4-3-5-9-16)19(21(26)27-2)20(29-14)25-22(28)24-12-11-15-7-6-10-17(23)13-15/h3-10,13H,11-12H2,1-2H3,(H2,24,25,28).